The monoisotopic (exact) mass is 269 g/mol. The predicted octanol–water partition coefficient (Wildman–Crippen LogP) is 3.25. The van der Waals surface area contributed by atoms with Gasteiger partial charge in [0.25, 0.3) is 0 Å². The molecule has 2 aromatic rings. The molecule has 106 valence electrons. The van der Waals surface area contributed by atoms with Gasteiger partial charge in [-0.25, -0.2) is 4.98 Å². The Morgan fingerprint density at radius 1 is 1.35 bits per heavy atom. The molecule has 1 aliphatic heterocycles. The van der Waals surface area contributed by atoms with Crippen LogP contribution >= 0.6 is 0 Å². The van der Waals surface area contributed by atoms with Crippen LogP contribution in [0, 0.1) is 12.8 Å². The molecule has 1 aromatic carbocycles. The summed E-state index contributed by atoms with van der Waals surface area (Å²) in [5.74, 6) is 0.816. The van der Waals surface area contributed by atoms with E-state index in [1.165, 1.54) is 49.2 Å². The third-order valence-electron chi connectivity index (χ3n) is 4.31. The molecule has 3 heteroatoms. The molecule has 1 aromatic heterocycles. The van der Waals surface area contributed by atoms with Gasteiger partial charge in [0.05, 0.1) is 18.2 Å². The molecule has 0 spiro atoms. The first-order valence-corrected chi connectivity index (χ1v) is 7.61. The maximum absolute atomic E-state index is 4.35. The fourth-order valence-corrected chi connectivity index (χ4v) is 3.08. The summed E-state index contributed by atoms with van der Waals surface area (Å²) >= 11 is 0. The first-order chi connectivity index (χ1) is 9.84. The zero-order chi connectivity index (χ0) is 13.8. The van der Waals surface area contributed by atoms with Crippen LogP contribution in [0.3, 0.4) is 0 Å². The molecule has 3 nitrogen and oxygen atoms in total. The van der Waals surface area contributed by atoms with Crippen LogP contribution in [0.15, 0.2) is 36.8 Å². The van der Waals surface area contributed by atoms with Gasteiger partial charge < -0.3 is 9.88 Å². The van der Waals surface area contributed by atoms with Crippen molar-refractivity contribution in [1.29, 1.82) is 0 Å². The second-order valence-electron chi connectivity index (χ2n) is 5.79. The molecular weight excluding hydrogens is 246 g/mol. The van der Waals surface area contributed by atoms with E-state index < -0.39 is 0 Å². The topological polar surface area (TPSA) is 29.9 Å². The Bertz CT molecular complexity index is 553. The van der Waals surface area contributed by atoms with Gasteiger partial charge in [0, 0.05) is 12.1 Å². The highest BCUT2D eigenvalue weighted by Crippen LogP contribution is 2.24. The smallest absolute Gasteiger partial charge is 0.0950 e. The molecule has 20 heavy (non-hydrogen) atoms. The highest BCUT2D eigenvalue weighted by atomic mass is 15.0. The Labute approximate surface area is 121 Å². The highest BCUT2D eigenvalue weighted by molar-refractivity contribution is 5.63. The summed E-state index contributed by atoms with van der Waals surface area (Å²) < 4.78 is 2.30. The molecule has 0 saturated carbocycles. The number of aryl methyl sites for hydroxylation is 2. The minimum absolute atomic E-state index is 0.816. The summed E-state index contributed by atoms with van der Waals surface area (Å²) in [5, 5.41) is 3.50. The Hall–Kier alpha value is -1.61. The van der Waals surface area contributed by atoms with Crippen molar-refractivity contribution in [3.05, 3.63) is 42.4 Å². The first kappa shape index (κ1) is 13.4. The second-order valence-corrected chi connectivity index (χ2v) is 5.79. The molecule has 0 radical (unpaired) electrons. The van der Waals surface area contributed by atoms with Gasteiger partial charge in [-0.15, -0.1) is 0 Å². The van der Waals surface area contributed by atoms with Crippen LogP contribution in [-0.2, 0) is 6.54 Å². The van der Waals surface area contributed by atoms with Gasteiger partial charge in [-0.1, -0.05) is 24.3 Å². The lowest BCUT2D eigenvalue weighted by Crippen LogP contribution is -2.30. The third kappa shape index (κ3) is 2.93. The van der Waals surface area contributed by atoms with Gasteiger partial charge in [-0.05, 0) is 50.8 Å². The van der Waals surface area contributed by atoms with Crippen molar-refractivity contribution in [2.45, 2.75) is 32.7 Å². The number of nitrogens with zero attached hydrogens (tertiary/aromatic N) is 2. The number of aromatic nitrogens is 2. The largest absolute Gasteiger partial charge is 0.331 e. The summed E-state index contributed by atoms with van der Waals surface area (Å²) in [6.45, 7) is 5.60. The summed E-state index contributed by atoms with van der Waals surface area (Å²) in [7, 11) is 0. The molecule has 1 saturated heterocycles. The van der Waals surface area contributed by atoms with Gasteiger partial charge >= 0.3 is 0 Å². The normalized spacial score (nSPS) is 19.1. The number of hydrogen-bond acceptors (Lipinski definition) is 2. The summed E-state index contributed by atoms with van der Waals surface area (Å²) in [6, 6.07) is 8.54. The highest BCUT2D eigenvalue weighted by Gasteiger charge is 2.14. The molecule has 1 N–H and O–H groups in total. The fraction of sp³-hybridized carbons (Fsp3) is 0.471. The van der Waals surface area contributed by atoms with E-state index in [0.717, 1.165) is 12.5 Å². The van der Waals surface area contributed by atoms with Gasteiger partial charge in [-0.2, -0.15) is 0 Å². The molecule has 1 aliphatic rings. The van der Waals surface area contributed by atoms with Crippen molar-refractivity contribution in [3.8, 4) is 11.3 Å². The van der Waals surface area contributed by atoms with Gasteiger partial charge in [-0.3, -0.25) is 0 Å². The summed E-state index contributed by atoms with van der Waals surface area (Å²) in [6.07, 6.45) is 7.88. The van der Waals surface area contributed by atoms with E-state index in [9.17, 15) is 0 Å². The van der Waals surface area contributed by atoms with E-state index in [0.29, 0.717) is 0 Å². The molecule has 3 rings (SSSR count). The lowest BCUT2D eigenvalue weighted by molar-refractivity contribution is 0.342. The van der Waals surface area contributed by atoms with E-state index in [1.54, 1.807) is 0 Å². The summed E-state index contributed by atoms with van der Waals surface area (Å²) in [5.41, 5.74) is 3.85. The Balaban J connectivity index is 1.72. The number of rotatable bonds is 4. The Morgan fingerprint density at radius 2 is 2.25 bits per heavy atom. The van der Waals surface area contributed by atoms with Crippen molar-refractivity contribution < 1.29 is 0 Å². The van der Waals surface area contributed by atoms with Gasteiger partial charge in [0.1, 0.15) is 0 Å². The standard InChI is InChI=1S/C17H23N3/c1-14-5-2-3-7-16(14)17-12-19-13-20(17)10-8-15-6-4-9-18-11-15/h2-3,5,7,12-13,15,18H,4,6,8-11H2,1H3. The second kappa shape index (κ2) is 6.23. The number of imidazole rings is 1. The lowest BCUT2D eigenvalue weighted by atomic mass is 9.96. The first-order valence-electron chi connectivity index (χ1n) is 7.61. The molecule has 0 bridgehead atoms. The Kier molecular flexibility index (Phi) is 4.16. The van der Waals surface area contributed by atoms with Crippen LogP contribution in [0.5, 0.6) is 0 Å². The molecule has 1 fully saturated rings. The fourth-order valence-electron chi connectivity index (χ4n) is 3.08. The lowest BCUT2D eigenvalue weighted by Gasteiger charge is -2.23. The van der Waals surface area contributed by atoms with Crippen LogP contribution in [0.1, 0.15) is 24.8 Å². The van der Waals surface area contributed by atoms with E-state index >= 15 is 0 Å². The Morgan fingerprint density at radius 3 is 3.05 bits per heavy atom. The third-order valence-corrected chi connectivity index (χ3v) is 4.31. The molecule has 1 unspecified atom stereocenters. The quantitative estimate of drug-likeness (QED) is 0.923. The molecule has 0 aliphatic carbocycles. The van der Waals surface area contributed by atoms with Crippen molar-refractivity contribution in [3.63, 3.8) is 0 Å². The number of nitrogens with one attached hydrogen (secondary N) is 1. The van der Waals surface area contributed by atoms with Crippen molar-refractivity contribution in [2.75, 3.05) is 13.1 Å². The van der Waals surface area contributed by atoms with Crippen molar-refractivity contribution >= 4 is 0 Å². The van der Waals surface area contributed by atoms with E-state index in [4.69, 9.17) is 0 Å². The van der Waals surface area contributed by atoms with E-state index in [1.807, 2.05) is 12.5 Å². The summed E-state index contributed by atoms with van der Waals surface area (Å²) in [4.78, 5) is 4.35. The molecule has 0 amide bonds. The number of hydrogen-bond donors (Lipinski definition) is 1. The van der Waals surface area contributed by atoms with Crippen LogP contribution in [0.4, 0.5) is 0 Å². The average Bonchev–Trinajstić information content (AvgIpc) is 2.95. The zero-order valence-electron chi connectivity index (χ0n) is 12.2. The maximum atomic E-state index is 4.35. The minimum Gasteiger partial charge on any atom is -0.331 e. The van der Waals surface area contributed by atoms with Gasteiger partial charge in [0.2, 0.25) is 0 Å². The SMILES string of the molecule is Cc1ccccc1-c1cncn1CCC1CCCNC1. The molecular formula is C17H23N3. The molecule has 2 heterocycles. The number of piperidine rings is 1. The van der Waals surface area contributed by atoms with Crippen LogP contribution in [0.25, 0.3) is 11.3 Å². The van der Waals surface area contributed by atoms with Crippen molar-refractivity contribution in [1.82, 2.24) is 14.9 Å². The van der Waals surface area contributed by atoms with Crippen LogP contribution in [0.2, 0.25) is 0 Å². The van der Waals surface area contributed by atoms with Crippen LogP contribution in [-0.4, -0.2) is 22.6 Å². The number of benzene rings is 1. The predicted molar refractivity (Wildman–Crippen MR) is 82.6 cm³/mol. The van der Waals surface area contributed by atoms with Crippen molar-refractivity contribution in [2.24, 2.45) is 5.92 Å². The maximum Gasteiger partial charge on any atom is 0.0950 e. The average molecular weight is 269 g/mol. The van der Waals surface area contributed by atoms with Crippen LogP contribution < -0.4 is 5.32 Å². The minimum atomic E-state index is 0.816. The van der Waals surface area contributed by atoms with Gasteiger partial charge in [0.15, 0.2) is 0 Å². The van der Waals surface area contributed by atoms with E-state index in [-0.39, 0.29) is 0 Å². The molecule has 1 atom stereocenters. The zero-order valence-corrected chi connectivity index (χ0v) is 12.2. The van der Waals surface area contributed by atoms with E-state index in [2.05, 4.69) is 46.1 Å².